The highest BCUT2D eigenvalue weighted by Crippen LogP contribution is 2.26. The second-order valence-corrected chi connectivity index (χ2v) is 4.79. The van der Waals surface area contributed by atoms with E-state index in [2.05, 4.69) is 27.7 Å². The van der Waals surface area contributed by atoms with E-state index in [1.165, 1.54) is 0 Å². The third kappa shape index (κ3) is 4.73. The Kier molecular flexibility index (Phi) is 4.21. The van der Waals surface area contributed by atoms with Gasteiger partial charge in [0.15, 0.2) is 0 Å². The molecule has 1 N–H and O–H groups in total. The Balaban J connectivity index is 3.82. The Labute approximate surface area is 75.9 Å². The first-order chi connectivity index (χ1) is 5.33. The maximum absolute atomic E-state index is 9.02. The quantitative estimate of drug-likeness (QED) is 0.692. The number of methoxy groups -OCH3 is 1. The van der Waals surface area contributed by atoms with Gasteiger partial charge in [0.05, 0.1) is 5.60 Å². The fourth-order valence-electron chi connectivity index (χ4n) is 0.821. The van der Waals surface area contributed by atoms with Crippen molar-refractivity contribution in [2.45, 2.75) is 46.1 Å². The SMILES string of the molecule is COC(C)(C)CCC(C)(C)CO. The van der Waals surface area contributed by atoms with Gasteiger partial charge in [-0.2, -0.15) is 0 Å². The second-order valence-electron chi connectivity index (χ2n) is 4.79. The van der Waals surface area contributed by atoms with Crippen LogP contribution in [0.2, 0.25) is 0 Å². The fourth-order valence-corrected chi connectivity index (χ4v) is 0.821. The number of hydrogen-bond donors (Lipinski definition) is 1. The van der Waals surface area contributed by atoms with E-state index in [4.69, 9.17) is 9.84 Å². The van der Waals surface area contributed by atoms with Crippen molar-refractivity contribution in [1.29, 1.82) is 0 Å². The monoisotopic (exact) mass is 174 g/mol. The molecule has 0 aromatic heterocycles. The number of aliphatic hydroxyl groups excluding tert-OH is 1. The van der Waals surface area contributed by atoms with Crippen molar-refractivity contribution in [1.82, 2.24) is 0 Å². The average molecular weight is 174 g/mol. The van der Waals surface area contributed by atoms with Crippen molar-refractivity contribution in [3.05, 3.63) is 0 Å². The molecule has 0 atom stereocenters. The molecule has 74 valence electrons. The van der Waals surface area contributed by atoms with Crippen LogP contribution in [0.4, 0.5) is 0 Å². The molecule has 0 fully saturated rings. The number of aliphatic hydroxyl groups is 1. The van der Waals surface area contributed by atoms with Crippen LogP contribution in [-0.2, 0) is 4.74 Å². The summed E-state index contributed by atoms with van der Waals surface area (Å²) in [4.78, 5) is 0. The molecule has 0 bridgehead atoms. The standard InChI is InChI=1S/C10H22O2/c1-9(2,8-11)6-7-10(3,4)12-5/h11H,6-8H2,1-5H3. The van der Waals surface area contributed by atoms with Gasteiger partial charge >= 0.3 is 0 Å². The molecule has 0 aliphatic rings. The normalized spacial score (nSPS) is 13.5. The predicted molar refractivity (Wildman–Crippen MR) is 51.2 cm³/mol. The van der Waals surface area contributed by atoms with Crippen LogP contribution in [0.25, 0.3) is 0 Å². The summed E-state index contributed by atoms with van der Waals surface area (Å²) in [6.45, 7) is 8.52. The van der Waals surface area contributed by atoms with E-state index < -0.39 is 0 Å². The largest absolute Gasteiger partial charge is 0.396 e. The minimum atomic E-state index is -0.0631. The summed E-state index contributed by atoms with van der Waals surface area (Å²) in [5.74, 6) is 0. The molecule has 0 aromatic carbocycles. The molecular weight excluding hydrogens is 152 g/mol. The zero-order valence-corrected chi connectivity index (χ0v) is 8.98. The maximum Gasteiger partial charge on any atom is 0.0623 e. The molecule has 0 radical (unpaired) electrons. The van der Waals surface area contributed by atoms with E-state index in [1.807, 2.05) is 0 Å². The molecular formula is C10H22O2. The van der Waals surface area contributed by atoms with Crippen LogP contribution >= 0.6 is 0 Å². The van der Waals surface area contributed by atoms with E-state index in [9.17, 15) is 0 Å². The van der Waals surface area contributed by atoms with E-state index >= 15 is 0 Å². The van der Waals surface area contributed by atoms with E-state index in [1.54, 1.807) is 7.11 Å². The van der Waals surface area contributed by atoms with E-state index in [0.717, 1.165) is 12.8 Å². The van der Waals surface area contributed by atoms with Gasteiger partial charge in [0.2, 0.25) is 0 Å². The van der Waals surface area contributed by atoms with Crippen LogP contribution in [0.15, 0.2) is 0 Å². The molecule has 0 aliphatic carbocycles. The molecule has 12 heavy (non-hydrogen) atoms. The van der Waals surface area contributed by atoms with Crippen LogP contribution in [0.1, 0.15) is 40.5 Å². The Morgan fingerprint density at radius 3 is 1.92 bits per heavy atom. The third-order valence-corrected chi connectivity index (χ3v) is 2.38. The summed E-state index contributed by atoms with van der Waals surface area (Å²) in [5, 5.41) is 9.02. The van der Waals surface area contributed by atoms with Crippen molar-refractivity contribution in [2.24, 2.45) is 5.41 Å². The maximum atomic E-state index is 9.02. The third-order valence-electron chi connectivity index (χ3n) is 2.38. The van der Waals surface area contributed by atoms with Gasteiger partial charge in [-0.1, -0.05) is 13.8 Å². The van der Waals surface area contributed by atoms with Crippen LogP contribution in [-0.4, -0.2) is 24.4 Å². The first-order valence-corrected chi connectivity index (χ1v) is 4.49. The Morgan fingerprint density at radius 1 is 1.08 bits per heavy atom. The summed E-state index contributed by atoms with van der Waals surface area (Å²) >= 11 is 0. The number of ether oxygens (including phenoxy) is 1. The molecule has 0 saturated carbocycles. The van der Waals surface area contributed by atoms with Crippen LogP contribution in [0.5, 0.6) is 0 Å². The van der Waals surface area contributed by atoms with Gasteiger partial charge in [-0.3, -0.25) is 0 Å². The lowest BCUT2D eigenvalue weighted by molar-refractivity contribution is 0.00116. The summed E-state index contributed by atoms with van der Waals surface area (Å²) in [6, 6.07) is 0. The smallest absolute Gasteiger partial charge is 0.0623 e. The molecule has 0 unspecified atom stereocenters. The van der Waals surface area contributed by atoms with E-state index in [-0.39, 0.29) is 17.6 Å². The molecule has 2 nitrogen and oxygen atoms in total. The highest BCUT2D eigenvalue weighted by atomic mass is 16.5. The first-order valence-electron chi connectivity index (χ1n) is 4.49. The number of rotatable bonds is 5. The van der Waals surface area contributed by atoms with Gasteiger partial charge in [0.1, 0.15) is 0 Å². The van der Waals surface area contributed by atoms with Gasteiger partial charge in [-0.05, 0) is 32.1 Å². The number of hydrogen-bond acceptors (Lipinski definition) is 2. The Bertz CT molecular complexity index is 112. The Morgan fingerprint density at radius 2 is 1.58 bits per heavy atom. The highest BCUT2D eigenvalue weighted by molar-refractivity contribution is 4.74. The Hall–Kier alpha value is -0.0800. The molecule has 0 aromatic rings. The van der Waals surface area contributed by atoms with Crippen LogP contribution in [0.3, 0.4) is 0 Å². The summed E-state index contributed by atoms with van der Waals surface area (Å²) < 4.78 is 5.30. The van der Waals surface area contributed by atoms with Gasteiger partial charge in [-0.15, -0.1) is 0 Å². The van der Waals surface area contributed by atoms with E-state index in [0.29, 0.717) is 0 Å². The second kappa shape index (κ2) is 4.24. The molecule has 0 heterocycles. The lowest BCUT2D eigenvalue weighted by Gasteiger charge is -2.28. The molecule has 0 amide bonds. The molecule has 0 aliphatic heterocycles. The van der Waals surface area contributed by atoms with Gasteiger partial charge in [0.25, 0.3) is 0 Å². The summed E-state index contributed by atoms with van der Waals surface area (Å²) in [7, 11) is 1.73. The van der Waals surface area contributed by atoms with Crippen molar-refractivity contribution < 1.29 is 9.84 Å². The average Bonchev–Trinajstić information content (AvgIpc) is 2.02. The highest BCUT2D eigenvalue weighted by Gasteiger charge is 2.23. The lowest BCUT2D eigenvalue weighted by Crippen LogP contribution is -2.27. The topological polar surface area (TPSA) is 29.5 Å². The van der Waals surface area contributed by atoms with Crippen molar-refractivity contribution in [3.63, 3.8) is 0 Å². The van der Waals surface area contributed by atoms with Crippen LogP contribution < -0.4 is 0 Å². The zero-order valence-electron chi connectivity index (χ0n) is 8.98. The molecule has 2 heteroatoms. The van der Waals surface area contributed by atoms with Crippen molar-refractivity contribution in [2.75, 3.05) is 13.7 Å². The molecule has 0 spiro atoms. The lowest BCUT2D eigenvalue weighted by atomic mass is 9.85. The summed E-state index contributed by atoms with van der Waals surface area (Å²) in [5.41, 5.74) is -0.0394. The molecule has 0 saturated heterocycles. The summed E-state index contributed by atoms with van der Waals surface area (Å²) in [6.07, 6.45) is 1.97. The van der Waals surface area contributed by atoms with Gasteiger partial charge in [0, 0.05) is 13.7 Å². The van der Waals surface area contributed by atoms with Gasteiger partial charge < -0.3 is 9.84 Å². The predicted octanol–water partition coefficient (Wildman–Crippen LogP) is 2.21. The van der Waals surface area contributed by atoms with Crippen LogP contribution in [0, 0.1) is 5.41 Å². The zero-order chi connectivity index (χ0) is 9.83. The van der Waals surface area contributed by atoms with Crippen molar-refractivity contribution in [3.8, 4) is 0 Å². The minimum Gasteiger partial charge on any atom is -0.396 e. The minimum absolute atomic E-state index is 0.0236. The fraction of sp³-hybridized carbons (Fsp3) is 1.00. The van der Waals surface area contributed by atoms with Gasteiger partial charge in [-0.25, -0.2) is 0 Å². The van der Waals surface area contributed by atoms with Crippen molar-refractivity contribution >= 4 is 0 Å². The molecule has 0 rings (SSSR count). The first kappa shape index (κ1) is 11.9.